The van der Waals surface area contributed by atoms with Crippen LogP contribution in [0.5, 0.6) is 0 Å². The van der Waals surface area contributed by atoms with Gasteiger partial charge >= 0.3 is 0 Å². The van der Waals surface area contributed by atoms with Crippen LogP contribution in [-0.4, -0.2) is 25.0 Å². The Morgan fingerprint density at radius 1 is 1.19 bits per heavy atom. The van der Waals surface area contributed by atoms with Gasteiger partial charge in [0, 0.05) is 13.1 Å². The highest BCUT2D eigenvalue weighted by atomic mass is 15.2. The van der Waals surface area contributed by atoms with Crippen LogP contribution in [0.15, 0.2) is 24.3 Å². The summed E-state index contributed by atoms with van der Waals surface area (Å²) in [6, 6.07) is 8.93. The number of benzene rings is 1. The van der Waals surface area contributed by atoms with Crippen LogP contribution in [0.2, 0.25) is 0 Å². The maximum absolute atomic E-state index is 2.39. The minimum Gasteiger partial charge on any atom is -0.306 e. The lowest BCUT2D eigenvalue weighted by Crippen LogP contribution is -2.44. The molecule has 1 heteroatoms. The average Bonchev–Trinajstić information content (AvgIpc) is 2.14. The van der Waals surface area contributed by atoms with Gasteiger partial charge in [0.25, 0.3) is 0 Å². The first-order chi connectivity index (χ1) is 7.47. The van der Waals surface area contributed by atoms with E-state index in [-0.39, 0.29) is 5.41 Å². The average molecular weight is 217 g/mol. The Hall–Kier alpha value is -0.820. The van der Waals surface area contributed by atoms with E-state index < -0.39 is 0 Å². The SMILES string of the molecule is CN1CC(Cc2ccccc2C(C)(C)C)C1. The van der Waals surface area contributed by atoms with Crippen molar-refractivity contribution in [1.82, 2.24) is 4.90 Å². The second-order valence-electron chi connectivity index (χ2n) is 6.20. The van der Waals surface area contributed by atoms with Crippen molar-refractivity contribution in [1.29, 1.82) is 0 Å². The molecule has 0 saturated carbocycles. The molecule has 1 nitrogen and oxygen atoms in total. The van der Waals surface area contributed by atoms with E-state index >= 15 is 0 Å². The molecule has 1 fully saturated rings. The van der Waals surface area contributed by atoms with Crippen molar-refractivity contribution in [2.24, 2.45) is 5.92 Å². The monoisotopic (exact) mass is 217 g/mol. The Balaban J connectivity index is 2.14. The molecule has 2 rings (SSSR count). The highest BCUT2D eigenvalue weighted by Crippen LogP contribution is 2.29. The third-order valence-electron chi connectivity index (χ3n) is 3.47. The lowest BCUT2D eigenvalue weighted by atomic mass is 9.80. The van der Waals surface area contributed by atoms with Crippen LogP contribution in [0.1, 0.15) is 31.9 Å². The van der Waals surface area contributed by atoms with Crippen LogP contribution in [0.3, 0.4) is 0 Å². The van der Waals surface area contributed by atoms with Gasteiger partial charge < -0.3 is 4.90 Å². The first-order valence-electron chi connectivity index (χ1n) is 6.24. The third kappa shape index (κ3) is 2.46. The second-order valence-corrected chi connectivity index (χ2v) is 6.20. The molecule has 0 aromatic heterocycles. The quantitative estimate of drug-likeness (QED) is 0.736. The van der Waals surface area contributed by atoms with Crippen molar-refractivity contribution in [2.45, 2.75) is 32.6 Å². The summed E-state index contributed by atoms with van der Waals surface area (Å²) < 4.78 is 0. The molecule has 1 heterocycles. The molecule has 0 amide bonds. The molecular weight excluding hydrogens is 194 g/mol. The fourth-order valence-corrected chi connectivity index (χ4v) is 2.70. The van der Waals surface area contributed by atoms with E-state index in [1.54, 1.807) is 5.56 Å². The molecule has 1 aliphatic rings. The molecule has 1 saturated heterocycles. The van der Waals surface area contributed by atoms with Gasteiger partial charge in [0.2, 0.25) is 0 Å². The molecule has 0 atom stereocenters. The van der Waals surface area contributed by atoms with Crippen LogP contribution in [0.25, 0.3) is 0 Å². The Bertz CT molecular complexity index is 356. The minimum atomic E-state index is 0.270. The number of rotatable bonds is 2. The van der Waals surface area contributed by atoms with Crippen molar-refractivity contribution in [3.05, 3.63) is 35.4 Å². The van der Waals surface area contributed by atoms with Gasteiger partial charge in [0.15, 0.2) is 0 Å². The summed E-state index contributed by atoms with van der Waals surface area (Å²) in [5.74, 6) is 0.869. The summed E-state index contributed by atoms with van der Waals surface area (Å²) in [6.45, 7) is 9.44. The third-order valence-corrected chi connectivity index (χ3v) is 3.47. The predicted octanol–water partition coefficient (Wildman–Crippen LogP) is 3.09. The number of hydrogen-bond donors (Lipinski definition) is 0. The van der Waals surface area contributed by atoms with Gasteiger partial charge in [0.05, 0.1) is 0 Å². The maximum atomic E-state index is 2.39. The molecular formula is C15H23N. The van der Waals surface area contributed by atoms with E-state index in [0.717, 1.165) is 5.92 Å². The topological polar surface area (TPSA) is 3.24 Å². The van der Waals surface area contributed by atoms with Gasteiger partial charge in [0.1, 0.15) is 0 Å². The van der Waals surface area contributed by atoms with Crippen molar-refractivity contribution < 1.29 is 0 Å². The van der Waals surface area contributed by atoms with Crippen LogP contribution >= 0.6 is 0 Å². The standard InChI is InChI=1S/C15H23N/c1-15(2,3)14-8-6-5-7-13(14)9-12-10-16(4)11-12/h5-8,12H,9-11H2,1-4H3. The van der Waals surface area contributed by atoms with Crippen LogP contribution in [-0.2, 0) is 11.8 Å². The summed E-state index contributed by atoms with van der Waals surface area (Å²) in [5, 5.41) is 0. The van der Waals surface area contributed by atoms with Gasteiger partial charge in [-0.25, -0.2) is 0 Å². The van der Waals surface area contributed by atoms with Crippen molar-refractivity contribution >= 4 is 0 Å². The molecule has 88 valence electrons. The molecule has 0 spiro atoms. The Morgan fingerprint density at radius 3 is 2.38 bits per heavy atom. The summed E-state index contributed by atoms with van der Waals surface area (Å²) in [4.78, 5) is 2.39. The fourth-order valence-electron chi connectivity index (χ4n) is 2.70. The zero-order valence-electron chi connectivity index (χ0n) is 11.0. The molecule has 0 aliphatic carbocycles. The first kappa shape index (κ1) is 11.7. The lowest BCUT2D eigenvalue weighted by molar-refractivity contribution is 0.134. The number of hydrogen-bond acceptors (Lipinski definition) is 1. The van der Waals surface area contributed by atoms with Gasteiger partial charge in [-0.15, -0.1) is 0 Å². The fraction of sp³-hybridized carbons (Fsp3) is 0.600. The van der Waals surface area contributed by atoms with Crippen LogP contribution in [0.4, 0.5) is 0 Å². The molecule has 0 radical (unpaired) electrons. The Labute approximate surface area is 99.5 Å². The molecule has 1 aromatic rings. The molecule has 0 bridgehead atoms. The number of likely N-dealkylation sites (tertiary alicyclic amines) is 1. The van der Waals surface area contributed by atoms with Gasteiger partial charge in [-0.1, -0.05) is 45.0 Å². The van der Waals surface area contributed by atoms with Crippen molar-refractivity contribution in [2.75, 3.05) is 20.1 Å². The summed E-state index contributed by atoms with van der Waals surface area (Å²) >= 11 is 0. The molecule has 0 unspecified atom stereocenters. The van der Waals surface area contributed by atoms with Crippen molar-refractivity contribution in [3.63, 3.8) is 0 Å². The maximum Gasteiger partial charge on any atom is 0.00222 e. The summed E-state index contributed by atoms with van der Waals surface area (Å²) in [7, 11) is 2.20. The van der Waals surface area contributed by atoms with Crippen molar-refractivity contribution in [3.8, 4) is 0 Å². The second kappa shape index (κ2) is 4.21. The van der Waals surface area contributed by atoms with Crippen LogP contribution < -0.4 is 0 Å². The Morgan fingerprint density at radius 2 is 1.81 bits per heavy atom. The minimum absolute atomic E-state index is 0.270. The molecule has 0 N–H and O–H groups in total. The van der Waals surface area contributed by atoms with Crippen LogP contribution in [0, 0.1) is 5.92 Å². The van der Waals surface area contributed by atoms with Gasteiger partial charge in [-0.05, 0) is 35.9 Å². The van der Waals surface area contributed by atoms with E-state index in [9.17, 15) is 0 Å². The lowest BCUT2D eigenvalue weighted by Gasteiger charge is -2.37. The normalized spacial score (nSPS) is 18.5. The van der Waals surface area contributed by atoms with E-state index in [1.807, 2.05) is 0 Å². The zero-order valence-corrected chi connectivity index (χ0v) is 11.0. The highest BCUT2D eigenvalue weighted by Gasteiger charge is 2.25. The smallest absolute Gasteiger partial charge is 0.00222 e. The first-order valence-corrected chi connectivity index (χ1v) is 6.24. The Kier molecular flexibility index (Phi) is 3.07. The largest absolute Gasteiger partial charge is 0.306 e. The summed E-state index contributed by atoms with van der Waals surface area (Å²) in [5.41, 5.74) is 3.34. The summed E-state index contributed by atoms with van der Waals surface area (Å²) in [6.07, 6.45) is 1.25. The highest BCUT2D eigenvalue weighted by molar-refractivity contribution is 5.33. The molecule has 1 aliphatic heterocycles. The zero-order chi connectivity index (χ0) is 11.8. The van der Waals surface area contributed by atoms with Gasteiger partial charge in [-0.2, -0.15) is 0 Å². The molecule has 1 aromatic carbocycles. The van der Waals surface area contributed by atoms with Gasteiger partial charge in [-0.3, -0.25) is 0 Å². The van der Waals surface area contributed by atoms with E-state index in [0.29, 0.717) is 0 Å². The van der Waals surface area contributed by atoms with E-state index in [2.05, 4.69) is 57.0 Å². The molecule has 16 heavy (non-hydrogen) atoms. The predicted molar refractivity (Wildman–Crippen MR) is 69.8 cm³/mol. The number of nitrogens with zero attached hydrogens (tertiary/aromatic N) is 1. The van der Waals surface area contributed by atoms with E-state index in [4.69, 9.17) is 0 Å². The van der Waals surface area contributed by atoms with E-state index in [1.165, 1.54) is 25.1 Å².